The fourth-order valence-corrected chi connectivity index (χ4v) is 3.94. The zero-order chi connectivity index (χ0) is 9.43. The molecule has 1 atom stereocenters. The van der Waals surface area contributed by atoms with Crippen LogP contribution in [-0.2, 0) is 0 Å². The zero-order valence-corrected chi connectivity index (χ0v) is 9.74. The molecule has 2 heteroatoms. The number of thioether (sulfide) groups is 1. The molecule has 0 spiro atoms. The Balaban J connectivity index is 1.44. The van der Waals surface area contributed by atoms with E-state index in [9.17, 15) is 0 Å². The second kappa shape index (κ2) is 3.71. The van der Waals surface area contributed by atoms with Crippen molar-refractivity contribution in [3.05, 3.63) is 0 Å². The molecular weight excluding hydrogens is 190 g/mol. The normalized spacial score (nSPS) is 35.6. The molecule has 1 aliphatic heterocycles. The second-order valence-corrected chi connectivity index (χ2v) is 6.58. The van der Waals surface area contributed by atoms with E-state index in [1.54, 1.807) is 0 Å². The molecule has 0 aromatic heterocycles. The van der Waals surface area contributed by atoms with Crippen LogP contribution in [0.2, 0.25) is 0 Å². The molecule has 3 rings (SSSR count). The van der Waals surface area contributed by atoms with E-state index >= 15 is 0 Å². The molecule has 0 amide bonds. The standard InChI is InChI=1S/C12H21NS/c1-2-11(8-14-7-1)13-9-12(5-6-12)10-3-4-10/h10-11,13H,1-9H2. The maximum atomic E-state index is 3.82. The van der Waals surface area contributed by atoms with Crippen LogP contribution in [0.3, 0.4) is 0 Å². The maximum Gasteiger partial charge on any atom is 0.0158 e. The highest BCUT2D eigenvalue weighted by molar-refractivity contribution is 7.99. The van der Waals surface area contributed by atoms with Gasteiger partial charge in [-0.05, 0) is 55.6 Å². The largest absolute Gasteiger partial charge is 0.313 e. The highest BCUT2D eigenvalue weighted by Gasteiger charge is 2.53. The van der Waals surface area contributed by atoms with Crippen molar-refractivity contribution >= 4 is 11.8 Å². The predicted molar refractivity (Wildman–Crippen MR) is 62.7 cm³/mol. The second-order valence-electron chi connectivity index (χ2n) is 5.43. The van der Waals surface area contributed by atoms with Crippen LogP contribution < -0.4 is 5.32 Å². The Labute approximate surface area is 91.4 Å². The highest BCUT2D eigenvalue weighted by atomic mass is 32.2. The van der Waals surface area contributed by atoms with Gasteiger partial charge in [-0.3, -0.25) is 0 Å². The summed E-state index contributed by atoms with van der Waals surface area (Å²) in [6.45, 7) is 1.34. The van der Waals surface area contributed by atoms with Gasteiger partial charge in [-0.1, -0.05) is 0 Å². The van der Waals surface area contributed by atoms with E-state index in [0.717, 1.165) is 17.4 Å². The first-order valence-corrected chi connectivity index (χ1v) is 7.36. The van der Waals surface area contributed by atoms with Crippen molar-refractivity contribution in [2.24, 2.45) is 11.3 Å². The molecule has 3 fully saturated rings. The first kappa shape index (κ1) is 9.53. The molecule has 1 unspecified atom stereocenters. The van der Waals surface area contributed by atoms with Crippen LogP contribution in [0.4, 0.5) is 0 Å². The van der Waals surface area contributed by atoms with Gasteiger partial charge in [0, 0.05) is 18.3 Å². The molecule has 0 aromatic carbocycles. The fraction of sp³-hybridized carbons (Fsp3) is 1.00. The summed E-state index contributed by atoms with van der Waals surface area (Å²) in [5.74, 6) is 3.87. The van der Waals surface area contributed by atoms with E-state index in [-0.39, 0.29) is 0 Å². The summed E-state index contributed by atoms with van der Waals surface area (Å²) in [7, 11) is 0. The topological polar surface area (TPSA) is 12.0 Å². The van der Waals surface area contributed by atoms with Crippen LogP contribution in [0.5, 0.6) is 0 Å². The summed E-state index contributed by atoms with van der Waals surface area (Å²) in [5, 5.41) is 3.82. The van der Waals surface area contributed by atoms with E-state index in [1.807, 2.05) is 0 Å². The van der Waals surface area contributed by atoms with Crippen LogP contribution in [0, 0.1) is 11.3 Å². The van der Waals surface area contributed by atoms with E-state index < -0.39 is 0 Å². The van der Waals surface area contributed by atoms with Crippen molar-refractivity contribution in [2.45, 2.75) is 44.6 Å². The Bertz CT molecular complexity index is 202. The average molecular weight is 211 g/mol. The van der Waals surface area contributed by atoms with Gasteiger partial charge in [0.2, 0.25) is 0 Å². The number of hydrogen-bond donors (Lipinski definition) is 1. The van der Waals surface area contributed by atoms with Crippen molar-refractivity contribution in [1.29, 1.82) is 0 Å². The zero-order valence-electron chi connectivity index (χ0n) is 8.93. The Kier molecular flexibility index (Phi) is 2.53. The van der Waals surface area contributed by atoms with E-state index in [2.05, 4.69) is 17.1 Å². The third kappa shape index (κ3) is 1.96. The lowest BCUT2D eigenvalue weighted by atomic mass is 10.00. The fourth-order valence-electron chi connectivity index (χ4n) is 2.83. The van der Waals surface area contributed by atoms with Crippen molar-refractivity contribution < 1.29 is 0 Å². The number of nitrogens with one attached hydrogen (secondary N) is 1. The van der Waals surface area contributed by atoms with Gasteiger partial charge in [-0.15, -0.1) is 0 Å². The number of hydrogen-bond acceptors (Lipinski definition) is 2. The lowest BCUT2D eigenvalue weighted by Gasteiger charge is -2.25. The highest BCUT2D eigenvalue weighted by Crippen LogP contribution is 2.60. The molecule has 1 N–H and O–H groups in total. The van der Waals surface area contributed by atoms with E-state index in [1.165, 1.54) is 56.6 Å². The third-order valence-corrected chi connectivity index (χ3v) is 5.45. The van der Waals surface area contributed by atoms with Gasteiger partial charge in [-0.25, -0.2) is 0 Å². The molecule has 1 nitrogen and oxygen atoms in total. The summed E-state index contributed by atoms with van der Waals surface area (Å²) in [5.41, 5.74) is 0.794. The lowest BCUT2D eigenvalue weighted by molar-refractivity contribution is 0.371. The first-order valence-electron chi connectivity index (χ1n) is 6.20. The SMILES string of the molecule is C1CSCC(NCC2(C3CC3)CC2)C1. The number of rotatable bonds is 4. The summed E-state index contributed by atoms with van der Waals surface area (Å²) >= 11 is 2.14. The molecule has 1 heterocycles. The minimum Gasteiger partial charge on any atom is -0.313 e. The van der Waals surface area contributed by atoms with E-state index in [4.69, 9.17) is 0 Å². The molecule has 0 bridgehead atoms. The van der Waals surface area contributed by atoms with Crippen molar-refractivity contribution in [3.8, 4) is 0 Å². The van der Waals surface area contributed by atoms with E-state index in [0.29, 0.717) is 0 Å². The monoisotopic (exact) mass is 211 g/mol. The van der Waals surface area contributed by atoms with Crippen LogP contribution in [0.1, 0.15) is 38.5 Å². The summed E-state index contributed by atoms with van der Waals surface area (Å²) < 4.78 is 0. The van der Waals surface area contributed by atoms with Gasteiger partial charge in [-0.2, -0.15) is 11.8 Å². The molecule has 0 radical (unpaired) electrons. The molecule has 2 saturated carbocycles. The minimum absolute atomic E-state index is 0.794. The minimum atomic E-state index is 0.794. The average Bonchev–Trinajstić information content (AvgIpc) is 3.08. The van der Waals surface area contributed by atoms with Gasteiger partial charge in [0.25, 0.3) is 0 Å². The van der Waals surface area contributed by atoms with Gasteiger partial charge in [0.1, 0.15) is 0 Å². The van der Waals surface area contributed by atoms with Gasteiger partial charge in [0.15, 0.2) is 0 Å². The molecular formula is C12H21NS. The van der Waals surface area contributed by atoms with Gasteiger partial charge in [0.05, 0.1) is 0 Å². The maximum absolute atomic E-state index is 3.82. The lowest BCUT2D eigenvalue weighted by Crippen LogP contribution is -2.38. The van der Waals surface area contributed by atoms with Gasteiger partial charge >= 0.3 is 0 Å². The Morgan fingerprint density at radius 1 is 1.21 bits per heavy atom. The van der Waals surface area contributed by atoms with Gasteiger partial charge < -0.3 is 5.32 Å². The first-order chi connectivity index (χ1) is 6.89. The Morgan fingerprint density at radius 2 is 2.07 bits per heavy atom. The molecule has 80 valence electrons. The van der Waals surface area contributed by atoms with Crippen molar-refractivity contribution in [1.82, 2.24) is 5.32 Å². The molecule has 0 aromatic rings. The molecule has 3 aliphatic rings. The summed E-state index contributed by atoms with van der Waals surface area (Å²) in [4.78, 5) is 0. The van der Waals surface area contributed by atoms with Crippen LogP contribution in [-0.4, -0.2) is 24.1 Å². The summed E-state index contributed by atoms with van der Waals surface area (Å²) in [6.07, 6.45) is 8.95. The van der Waals surface area contributed by atoms with Crippen LogP contribution in [0.25, 0.3) is 0 Å². The quantitative estimate of drug-likeness (QED) is 0.767. The third-order valence-electron chi connectivity index (χ3n) is 4.24. The molecule has 2 aliphatic carbocycles. The summed E-state index contributed by atoms with van der Waals surface area (Å²) in [6, 6.07) is 0.838. The van der Waals surface area contributed by atoms with Crippen LogP contribution in [0.15, 0.2) is 0 Å². The van der Waals surface area contributed by atoms with Crippen molar-refractivity contribution in [2.75, 3.05) is 18.1 Å². The Hall–Kier alpha value is 0.310. The smallest absolute Gasteiger partial charge is 0.0158 e. The Morgan fingerprint density at radius 3 is 2.64 bits per heavy atom. The predicted octanol–water partition coefficient (Wildman–Crippen LogP) is 2.66. The molecule has 1 saturated heterocycles. The van der Waals surface area contributed by atoms with Crippen LogP contribution >= 0.6 is 11.8 Å². The van der Waals surface area contributed by atoms with Crippen molar-refractivity contribution in [3.63, 3.8) is 0 Å². The molecule has 14 heavy (non-hydrogen) atoms.